The van der Waals surface area contributed by atoms with Crippen LogP contribution in [0.4, 0.5) is 5.69 Å². The third-order valence-corrected chi connectivity index (χ3v) is 4.84. The maximum absolute atomic E-state index is 12.6. The number of rotatable bonds is 6. The van der Waals surface area contributed by atoms with Gasteiger partial charge in [0, 0.05) is 13.1 Å². The molecular weight excluding hydrogens is 300 g/mol. The summed E-state index contributed by atoms with van der Waals surface area (Å²) in [5.41, 5.74) is 2.46. The molecule has 0 saturated carbocycles. The smallest absolute Gasteiger partial charge is 0.246 e. The summed E-state index contributed by atoms with van der Waals surface area (Å²) in [7, 11) is -3.56. The molecule has 0 fully saturated rings. The van der Waals surface area contributed by atoms with Gasteiger partial charge in [0.15, 0.2) is 0 Å². The van der Waals surface area contributed by atoms with E-state index in [0.29, 0.717) is 18.8 Å². The maximum Gasteiger partial charge on any atom is 0.246 e. The Morgan fingerprint density at radius 1 is 1.09 bits per heavy atom. The lowest BCUT2D eigenvalue weighted by molar-refractivity contribution is -0.131. The predicted octanol–water partition coefficient (Wildman–Crippen LogP) is 2.33. The number of sulfonamides is 1. The van der Waals surface area contributed by atoms with E-state index in [4.69, 9.17) is 0 Å². The van der Waals surface area contributed by atoms with Gasteiger partial charge in [0.1, 0.15) is 6.04 Å². The predicted molar refractivity (Wildman–Crippen MR) is 90.6 cm³/mol. The second-order valence-electron chi connectivity index (χ2n) is 5.59. The van der Waals surface area contributed by atoms with Gasteiger partial charge < -0.3 is 4.90 Å². The zero-order valence-corrected chi connectivity index (χ0v) is 15.1. The van der Waals surface area contributed by atoms with E-state index in [1.54, 1.807) is 24.0 Å². The molecule has 0 spiro atoms. The van der Waals surface area contributed by atoms with Crippen molar-refractivity contribution < 1.29 is 13.2 Å². The zero-order chi connectivity index (χ0) is 17.1. The SMILES string of the molecule is CCN(CC)C(=O)[C@@H](C)N(c1cc(C)cc(C)c1)S(C)(=O)=O. The monoisotopic (exact) mass is 326 g/mol. The quantitative estimate of drug-likeness (QED) is 0.806. The van der Waals surface area contributed by atoms with Crippen LogP contribution in [-0.4, -0.2) is 44.6 Å². The second kappa shape index (κ2) is 7.13. The lowest BCUT2D eigenvalue weighted by Crippen LogP contribution is -2.49. The van der Waals surface area contributed by atoms with Crippen LogP contribution >= 0.6 is 0 Å². The number of likely N-dealkylation sites (N-methyl/N-ethyl adjacent to an activating group) is 1. The highest BCUT2D eigenvalue weighted by molar-refractivity contribution is 7.92. The van der Waals surface area contributed by atoms with Gasteiger partial charge in [0.25, 0.3) is 0 Å². The standard InChI is InChI=1S/C16H26N2O3S/c1-7-17(8-2)16(19)14(5)18(22(6,20)21)15-10-12(3)9-13(4)11-15/h9-11,14H,7-8H2,1-6H3/t14-/m1/s1. The average Bonchev–Trinajstić information content (AvgIpc) is 2.37. The Hall–Kier alpha value is -1.56. The lowest BCUT2D eigenvalue weighted by atomic mass is 10.1. The van der Waals surface area contributed by atoms with Crippen LogP contribution in [0.15, 0.2) is 18.2 Å². The van der Waals surface area contributed by atoms with E-state index < -0.39 is 16.1 Å². The van der Waals surface area contributed by atoms with Crippen molar-refractivity contribution in [3.05, 3.63) is 29.3 Å². The summed E-state index contributed by atoms with van der Waals surface area (Å²) in [5, 5.41) is 0. The van der Waals surface area contributed by atoms with Crippen LogP contribution in [0.25, 0.3) is 0 Å². The molecule has 0 saturated heterocycles. The van der Waals surface area contributed by atoms with Crippen LogP contribution in [0.3, 0.4) is 0 Å². The van der Waals surface area contributed by atoms with Crippen LogP contribution in [-0.2, 0) is 14.8 Å². The fourth-order valence-electron chi connectivity index (χ4n) is 2.68. The number of hydrogen-bond donors (Lipinski definition) is 0. The summed E-state index contributed by atoms with van der Waals surface area (Å²) < 4.78 is 25.7. The molecule has 1 aromatic carbocycles. The Kier molecular flexibility index (Phi) is 6.00. The number of carbonyl (C=O) groups excluding carboxylic acids is 1. The maximum atomic E-state index is 12.6. The zero-order valence-electron chi connectivity index (χ0n) is 14.3. The molecule has 0 heterocycles. The van der Waals surface area contributed by atoms with Gasteiger partial charge in [-0.2, -0.15) is 0 Å². The van der Waals surface area contributed by atoms with Crippen molar-refractivity contribution in [3.63, 3.8) is 0 Å². The van der Waals surface area contributed by atoms with Crippen LogP contribution < -0.4 is 4.31 Å². The summed E-state index contributed by atoms with van der Waals surface area (Å²) in [6.07, 6.45) is 1.14. The molecule has 0 bridgehead atoms. The summed E-state index contributed by atoms with van der Waals surface area (Å²) in [6.45, 7) is 10.3. The number of aryl methyl sites for hydroxylation is 2. The molecule has 124 valence electrons. The number of amides is 1. The van der Waals surface area contributed by atoms with Gasteiger partial charge >= 0.3 is 0 Å². The van der Waals surface area contributed by atoms with E-state index in [-0.39, 0.29) is 5.91 Å². The minimum atomic E-state index is -3.56. The molecule has 0 unspecified atom stereocenters. The minimum Gasteiger partial charge on any atom is -0.341 e. The van der Waals surface area contributed by atoms with Crippen molar-refractivity contribution in [2.75, 3.05) is 23.7 Å². The van der Waals surface area contributed by atoms with Crippen LogP contribution in [0.5, 0.6) is 0 Å². The largest absolute Gasteiger partial charge is 0.341 e. The van der Waals surface area contributed by atoms with Crippen molar-refractivity contribution in [2.24, 2.45) is 0 Å². The number of carbonyl (C=O) groups is 1. The van der Waals surface area contributed by atoms with Gasteiger partial charge in [0.2, 0.25) is 15.9 Å². The van der Waals surface area contributed by atoms with Gasteiger partial charge in [-0.15, -0.1) is 0 Å². The van der Waals surface area contributed by atoms with E-state index in [2.05, 4.69) is 0 Å². The molecule has 0 aliphatic carbocycles. The lowest BCUT2D eigenvalue weighted by Gasteiger charge is -2.32. The highest BCUT2D eigenvalue weighted by Gasteiger charge is 2.31. The van der Waals surface area contributed by atoms with Crippen molar-refractivity contribution in [1.82, 2.24) is 4.90 Å². The van der Waals surface area contributed by atoms with Gasteiger partial charge in [-0.3, -0.25) is 9.10 Å². The number of nitrogens with zero attached hydrogens (tertiary/aromatic N) is 2. The molecule has 1 atom stereocenters. The third kappa shape index (κ3) is 4.22. The Balaban J connectivity index is 3.33. The number of benzene rings is 1. The Morgan fingerprint density at radius 2 is 1.55 bits per heavy atom. The molecule has 1 amide bonds. The van der Waals surface area contributed by atoms with Gasteiger partial charge in [-0.25, -0.2) is 8.42 Å². The first kappa shape index (κ1) is 18.5. The fourth-order valence-corrected chi connectivity index (χ4v) is 3.83. The minimum absolute atomic E-state index is 0.186. The Morgan fingerprint density at radius 3 is 1.91 bits per heavy atom. The Bertz CT molecular complexity index is 617. The van der Waals surface area contributed by atoms with Gasteiger partial charge in [-0.05, 0) is 57.9 Å². The summed E-state index contributed by atoms with van der Waals surface area (Å²) >= 11 is 0. The first-order chi connectivity index (χ1) is 10.1. The molecule has 0 aliphatic heterocycles. The molecule has 0 aliphatic rings. The molecule has 1 aromatic rings. The van der Waals surface area contributed by atoms with E-state index in [9.17, 15) is 13.2 Å². The van der Waals surface area contributed by atoms with Crippen molar-refractivity contribution in [2.45, 2.75) is 40.7 Å². The average molecular weight is 326 g/mol. The van der Waals surface area contributed by atoms with E-state index in [1.807, 2.05) is 33.8 Å². The molecule has 22 heavy (non-hydrogen) atoms. The van der Waals surface area contributed by atoms with E-state index >= 15 is 0 Å². The molecule has 5 nitrogen and oxygen atoms in total. The molecular formula is C16H26N2O3S. The van der Waals surface area contributed by atoms with E-state index in [1.165, 1.54) is 4.31 Å². The highest BCUT2D eigenvalue weighted by Crippen LogP contribution is 2.24. The van der Waals surface area contributed by atoms with Gasteiger partial charge in [-0.1, -0.05) is 6.07 Å². The van der Waals surface area contributed by atoms with Crippen molar-refractivity contribution in [3.8, 4) is 0 Å². The molecule has 0 aromatic heterocycles. The molecule has 0 N–H and O–H groups in total. The molecule has 0 radical (unpaired) electrons. The first-order valence-corrected chi connectivity index (χ1v) is 9.33. The molecule has 1 rings (SSSR count). The Labute approximate surface area is 134 Å². The fraction of sp³-hybridized carbons (Fsp3) is 0.562. The van der Waals surface area contributed by atoms with Gasteiger partial charge in [0.05, 0.1) is 11.9 Å². The van der Waals surface area contributed by atoms with E-state index in [0.717, 1.165) is 17.4 Å². The second-order valence-corrected chi connectivity index (χ2v) is 7.45. The topological polar surface area (TPSA) is 57.7 Å². The van der Waals surface area contributed by atoms with Crippen molar-refractivity contribution in [1.29, 1.82) is 0 Å². The summed E-state index contributed by atoms with van der Waals surface area (Å²) in [6, 6.07) is 4.79. The molecule has 6 heteroatoms. The van der Waals surface area contributed by atoms with Crippen LogP contribution in [0.2, 0.25) is 0 Å². The summed E-state index contributed by atoms with van der Waals surface area (Å²) in [5.74, 6) is -0.186. The van der Waals surface area contributed by atoms with Crippen LogP contribution in [0, 0.1) is 13.8 Å². The van der Waals surface area contributed by atoms with Crippen LogP contribution in [0.1, 0.15) is 31.9 Å². The third-order valence-electron chi connectivity index (χ3n) is 3.60. The number of hydrogen-bond acceptors (Lipinski definition) is 3. The summed E-state index contributed by atoms with van der Waals surface area (Å²) in [4.78, 5) is 14.2. The van der Waals surface area contributed by atoms with Crippen molar-refractivity contribution >= 4 is 21.6 Å². The first-order valence-electron chi connectivity index (χ1n) is 7.48. The highest BCUT2D eigenvalue weighted by atomic mass is 32.2. The normalized spacial score (nSPS) is 12.8. The number of anilines is 1.